The Balaban J connectivity index is 0.870. The van der Waals surface area contributed by atoms with Crippen molar-refractivity contribution >= 4 is 29.7 Å². The molecule has 6 aromatic rings. The lowest BCUT2D eigenvalue weighted by Crippen LogP contribution is -2.46. The molecule has 2 aliphatic rings. The third-order valence-electron chi connectivity index (χ3n) is 16.7. The minimum absolute atomic E-state index is 0.0355. The number of hydrogen-bond acceptors (Lipinski definition) is 17. The molecule has 2 amide bonds. The van der Waals surface area contributed by atoms with Crippen molar-refractivity contribution in [3.05, 3.63) is 179 Å². The third-order valence-corrected chi connectivity index (χ3v) is 16.7. The maximum Gasteiger partial charge on any atom is 0.334 e. The lowest BCUT2D eigenvalue weighted by molar-refractivity contribution is -0.163. The van der Waals surface area contributed by atoms with Gasteiger partial charge in [0, 0.05) is 37.4 Å². The van der Waals surface area contributed by atoms with Gasteiger partial charge in [-0.05, 0) is 124 Å². The van der Waals surface area contributed by atoms with Crippen molar-refractivity contribution in [1.82, 2.24) is 20.6 Å². The highest BCUT2D eigenvalue weighted by molar-refractivity contribution is 5.98. The number of aliphatic hydroxyl groups is 1. The van der Waals surface area contributed by atoms with Crippen LogP contribution in [-0.2, 0) is 70.2 Å². The average Bonchev–Trinajstić information content (AvgIpc) is 3.33. The summed E-state index contributed by atoms with van der Waals surface area (Å²) in [5.41, 5.74) is 4.75. The van der Waals surface area contributed by atoms with Crippen LogP contribution in [0.15, 0.2) is 140 Å². The van der Waals surface area contributed by atoms with E-state index in [1.165, 1.54) is 61.7 Å². The number of esters is 3. The zero-order valence-corrected chi connectivity index (χ0v) is 51.6. The molecule has 2 aliphatic heterocycles. The molecular formula is C70H84N4O15. The van der Waals surface area contributed by atoms with Crippen LogP contribution < -0.4 is 29.6 Å². The number of amides is 2. The first kappa shape index (κ1) is 66.6. The summed E-state index contributed by atoms with van der Waals surface area (Å²) in [6.45, 7) is 3.32. The SMILES string of the molecule is COc1cc(CCOCC(=O)OCOc2c(OC)ccnc2C(=O)NC2CCCC(Cc3ccccc3)C(CCc3ccccc3)C(C)OC2O)nc(C(=O)NC2CCCC(Cc3ccccc3)C(CCc3ccccc3)C(C)OC2=O)c1OCOC(C)=O. The Hall–Kier alpha value is -8.39. The normalized spacial score (nSPS) is 21.3. The molecule has 9 atom stereocenters. The average molecular weight is 1220 g/mol. The summed E-state index contributed by atoms with van der Waals surface area (Å²) in [5, 5.41) is 17.4. The Morgan fingerprint density at radius 2 is 1.15 bits per heavy atom. The van der Waals surface area contributed by atoms with Crippen molar-refractivity contribution in [2.75, 3.05) is 41.0 Å². The molecule has 3 N–H and O–H groups in total. The van der Waals surface area contributed by atoms with Gasteiger partial charge in [-0.3, -0.25) is 14.4 Å². The number of hydrogen-bond donors (Lipinski definition) is 3. The van der Waals surface area contributed by atoms with Crippen LogP contribution >= 0.6 is 0 Å². The number of benzene rings is 4. The minimum atomic E-state index is -1.33. The number of rotatable bonds is 27. The summed E-state index contributed by atoms with van der Waals surface area (Å²) in [6.07, 6.45) is 8.01. The molecule has 8 rings (SSSR count). The molecule has 0 bridgehead atoms. The molecule has 19 heteroatoms. The molecule has 0 aliphatic carbocycles. The van der Waals surface area contributed by atoms with Crippen LogP contribution in [0.5, 0.6) is 23.0 Å². The van der Waals surface area contributed by atoms with Gasteiger partial charge in [-0.1, -0.05) is 134 Å². The summed E-state index contributed by atoms with van der Waals surface area (Å²) >= 11 is 0. The Morgan fingerprint density at radius 3 is 1.72 bits per heavy atom. The van der Waals surface area contributed by atoms with Gasteiger partial charge < -0.3 is 58.4 Å². The summed E-state index contributed by atoms with van der Waals surface area (Å²) in [5.74, 6) is -2.83. The zero-order chi connectivity index (χ0) is 62.9. The highest BCUT2D eigenvalue weighted by Gasteiger charge is 2.37. The predicted octanol–water partition coefficient (Wildman–Crippen LogP) is 9.97. The van der Waals surface area contributed by atoms with Gasteiger partial charge in [0.05, 0.1) is 33.0 Å². The summed E-state index contributed by atoms with van der Waals surface area (Å²) in [4.78, 5) is 76.3. The lowest BCUT2D eigenvalue weighted by atomic mass is 9.77. The fourth-order valence-corrected chi connectivity index (χ4v) is 12.1. The van der Waals surface area contributed by atoms with Gasteiger partial charge in [-0.2, -0.15) is 0 Å². The number of aryl methyl sites for hydroxylation is 2. The Morgan fingerprint density at radius 1 is 0.618 bits per heavy atom. The summed E-state index contributed by atoms with van der Waals surface area (Å²) in [7, 11) is 2.76. The number of carbonyl (C=O) groups is 5. The van der Waals surface area contributed by atoms with Gasteiger partial charge in [0.25, 0.3) is 11.8 Å². The van der Waals surface area contributed by atoms with Gasteiger partial charge in [0.1, 0.15) is 18.8 Å². The first-order valence-electron chi connectivity index (χ1n) is 30.8. The second-order valence-electron chi connectivity index (χ2n) is 22.8. The molecule has 2 aromatic heterocycles. The van der Waals surface area contributed by atoms with Crippen LogP contribution in [-0.4, -0.2) is 116 Å². The maximum atomic E-state index is 14.4. The molecule has 0 radical (unpaired) electrons. The molecule has 4 heterocycles. The smallest absolute Gasteiger partial charge is 0.334 e. The van der Waals surface area contributed by atoms with Crippen LogP contribution in [0.2, 0.25) is 0 Å². The minimum Gasteiger partial charge on any atom is -0.493 e. The fourth-order valence-electron chi connectivity index (χ4n) is 12.1. The van der Waals surface area contributed by atoms with Crippen molar-refractivity contribution in [3.8, 4) is 23.0 Å². The molecule has 2 saturated heterocycles. The molecule has 0 spiro atoms. The number of carbonyl (C=O) groups excluding carboxylic acids is 5. The molecule has 9 unspecified atom stereocenters. The Labute approximate surface area is 521 Å². The lowest BCUT2D eigenvalue weighted by Gasteiger charge is -2.33. The molecule has 2 fully saturated rings. The van der Waals surface area contributed by atoms with E-state index in [0.29, 0.717) is 31.4 Å². The van der Waals surface area contributed by atoms with E-state index in [1.54, 1.807) is 0 Å². The molecule has 19 nitrogen and oxygen atoms in total. The largest absolute Gasteiger partial charge is 0.493 e. The van der Waals surface area contributed by atoms with Crippen LogP contribution in [0.3, 0.4) is 0 Å². The monoisotopic (exact) mass is 1220 g/mol. The number of methoxy groups -OCH3 is 2. The van der Waals surface area contributed by atoms with Crippen LogP contribution in [0.25, 0.3) is 0 Å². The molecule has 474 valence electrons. The van der Waals surface area contributed by atoms with E-state index in [-0.39, 0.29) is 77.2 Å². The Kier molecular flexibility index (Phi) is 25.7. The van der Waals surface area contributed by atoms with Crippen LogP contribution in [0, 0.1) is 23.7 Å². The standard InChI is InChI=1S/C70H84N4O15/c1-46-56(34-32-49-20-10-6-11-21-49)53(40-51-24-14-8-15-25-51)28-18-30-58(69(79)88-46)73-67(77)63-65(60(81-4)36-38-71-63)87-45-85-62(76)43-83-39-37-55-42-61(82-5)66(86-44-84-48(3)75)64(72-55)68(78)74-59-31-19-29-54(41-52-26-16-9-17-27-52)57(47(2)89-70(59)80)35-33-50-22-12-7-13-23-50/h6-17,20-27,36,38,42,46-47,53-54,56-59,69,79H,18-19,28-35,37,39-41,43-45H2,1-5H3,(H,73,77)(H,74,78). The van der Waals surface area contributed by atoms with Crippen molar-refractivity contribution in [2.24, 2.45) is 23.7 Å². The van der Waals surface area contributed by atoms with Crippen molar-refractivity contribution < 1.29 is 71.7 Å². The summed E-state index contributed by atoms with van der Waals surface area (Å²) < 4.78 is 51.5. The quantitative estimate of drug-likeness (QED) is 0.0188. The fraction of sp³-hybridized carbons (Fsp3) is 0.443. The maximum absolute atomic E-state index is 14.4. The highest BCUT2D eigenvalue weighted by atomic mass is 16.7. The predicted molar refractivity (Wildman–Crippen MR) is 331 cm³/mol. The first-order valence-corrected chi connectivity index (χ1v) is 30.8. The van der Waals surface area contributed by atoms with Crippen molar-refractivity contribution in [2.45, 2.75) is 135 Å². The van der Waals surface area contributed by atoms with Gasteiger partial charge in [0.2, 0.25) is 13.6 Å². The number of ether oxygens (including phenoxy) is 9. The van der Waals surface area contributed by atoms with E-state index < -0.39 is 74.4 Å². The van der Waals surface area contributed by atoms with Crippen LogP contribution in [0.4, 0.5) is 0 Å². The molecular weight excluding hydrogens is 1140 g/mol. The van der Waals surface area contributed by atoms with Gasteiger partial charge >= 0.3 is 17.9 Å². The second-order valence-corrected chi connectivity index (χ2v) is 22.8. The van der Waals surface area contributed by atoms with E-state index >= 15 is 0 Å². The van der Waals surface area contributed by atoms with E-state index in [2.05, 4.69) is 69.1 Å². The van der Waals surface area contributed by atoms with Crippen molar-refractivity contribution in [1.29, 1.82) is 0 Å². The van der Waals surface area contributed by atoms with E-state index in [4.69, 9.17) is 42.6 Å². The number of nitrogens with zero attached hydrogens (tertiary/aromatic N) is 2. The first-order chi connectivity index (χ1) is 43.3. The topological polar surface area (TPSA) is 238 Å². The number of pyridine rings is 2. The van der Waals surface area contributed by atoms with E-state index in [1.807, 2.05) is 86.6 Å². The number of aromatic nitrogens is 2. The Bertz CT molecular complexity index is 3190. The molecule has 4 aromatic carbocycles. The van der Waals surface area contributed by atoms with Crippen molar-refractivity contribution in [3.63, 3.8) is 0 Å². The van der Waals surface area contributed by atoms with Gasteiger partial charge in [-0.25, -0.2) is 19.6 Å². The van der Waals surface area contributed by atoms with E-state index in [9.17, 15) is 29.1 Å². The number of cyclic esters (lactones) is 1. The number of aliphatic hydroxyl groups excluding tert-OH is 1. The number of nitrogens with one attached hydrogen (secondary N) is 2. The second kappa shape index (κ2) is 34.4. The zero-order valence-electron chi connectivity index (χ0n) is 51.6. The van der Waals surface area contributed by atoms with Gasteiger partial charge in [-0.15, -0.1) is 0 Å². The highest BCUT2D eigenvalue weighted by Crippen LogP contribution is 2.37. The third kappa shape index (κ3) is 20.1. The van der Waals surface area contributed by atoms with E-state index in [0.717, 1.165) is 51.4 Å². The molecule has 89 heavy (non-hydrogen) atoms. The van der Waals surface area contributed by atoms with Crippen LogP contribution in [0.1, 0.15) is 121 Å². The van der Waals surface area contributed by atoms with Gasteiger partial charge in [0.15, 0.2) is 40.7 Å². The molecule has 0 saturated carbocycles. The summed E-state index contributed by atoms with van der Waals surface area (Å²) in [6, 6.07) is 42.4.